The second-order valence-electron chi connectivity index (χ2n) is 3.06. The number of unbranched alkanes of at least 4 members (excludes halogenated alkanes) is 1. The van der Waals surface area contributed by atoms with Gasteiger partial charge in [0, 0.05) is 13.0 Å². The van der Waals surface area contributed by atoms with Crippen molar-refractivity contribution in [1.29, 1.82) is 0 Å². The van der Waals surface area contributed by atoms with Gasteiger partial charge in [-0.25, -0.2) is 0 Å². The van der Waals surface area contributed by atoms with Crippen molar-refractivity contribution in [2.24, 2.45) is 0 Å². The van der Waals surface area contributed by atoms with Crippen LogP contribution in [0.4, 0.5) is 0 Å². The Hall–Kier alpha value is -0.720. The fraction of sp³-hybridized carbons (Fsp3) is 0.800. The third-order valence-electron chi connectivity index (χ3n) is 1.97. The molecule has 3 heteroatoms. The molecule has 0 spiro atoms. The molecule has 0 bridgehead atoms. The lowest BCUT2D eigenvalue weighted by molar-refractivity contribution is -0.162. The average Bonchev–Trinajstić information content (AvgIpc) is 2.19. The summed E-state index contributed by atoms with van der Waals surface area (Å²) < 4.78 is 10.8. The molecular weight excluding hydrogens is 168 g/mol. The quantitative estimate of drug-likeness (QED) is 0.533. The zero-order chi connectivity index (χ0) is 9.36. The standard InChI is InChI=1S/C10H16O3/c11-7-3-1-4-8-12-10-6-2-5-9-13-10/h10-11H,1-2,4-6,8-9H2. The van der Waals surface area contributed by atoms with E-state index >= 15 is 0 Å². The van der Waals surface area contributed by atoms with E-state index in [0.29, 0.717) is 13.0 Å². The number of hydrogen-bond donors (Lipinski definition) is 1. The van der Waals surface area contributed by atoms with Gasteiger partial charge in [-0.2, -0.15) is 0 Å². The Morgan fingerprint density at radius 3 is 3.08 bits per heavy atom. The Kier molecular flexibility index (Phi) is 5.39. The maximum Gasteiger partial charge on any atom is 0.157 e. The SMILES string of the molecule is OC#CCCCOC1CCCCO1. The number of ether oxygens (including phenoxy) is 2. The van der Waals surface area contributed by atoms with E-state index in [0.717, 1.165) is 25.9 Å². The fourth-order valence-corrected chi connectivity index (χ4v) is 1.27. The summed E-state index contributed by atoms with van der Waals surface area (Å²) >= 11 is 0. The fourth-order valence-electron chi connectivity index (χ4n) is 1.27. The minimum absolute atomic E-state index is 0.00386. The Labute approximate surface area is 79.0 Å². The second-order valence-corrected chi connectivity index (χ2v) is 3.06. The minimum Gasteiger partial charge on any atom is -0.462 e. The van der Waals surface area contributed by atoms with E-state index in [2.05, 4.69) is 5.92 Å². The van der Waals surface area contributed by atoms with Gasteiger partial charge in [-0.1, -0.05) is 5.92 Å². The molecule has 1 aliphatic rings. The first-order valence-electron chi connectivity index (χ1n) is 4.78. The molecule has 0 radical (unpaired) electrons. The van der Waals surface area contributed by atoms with E-state index in [1.165, 1.54) is 6.42 Å². The van der Waals surface area contributed by atoms with Crippen molar-refractivity contribution >= 4 is 0 Å². The van der Waals surface area contributed by atoms with Crippen LogP contribution in [0.5, 0.6) is 0 Å². The average molecular weight is 184 g/mol. The Morgan fingerprint density at radius 1 is 1.46 bits per heavy atom. The second kappa shape index (κ2) is 6.76. The molecule has 1 atom stereocenters. The van der Waals surface area contributed by atoms with Crippen LogP contribution in [0.2, 0.25) is 0 Å². The van der Waals surface area contributed by atoms with E-state index in [1.54, 1.807) is 0 Å². The van der Waals surface area contributed by atoms with Crippen LogP contribution in [-0.2, 0) is 9.47 Å². The first kappa shape index (κ1) is 10.4. The van der Waals surface area contributed by atoms with Gasteiger partial charge in [0.1, 0.15) is 6.11 Å². The molecule has 0 saturated carbocycles. The van der Waals surface area contributed by atoms with Crippen LogP contribution in [0, 0.1) is 12.0 Å². The highest BCUT2D eigenvalue weighted by Crippen LogP contribution is 2.13. The number of rotatable bonds is 4. The molecule has 1 N–H and O–H groups in total. The highest BCUT2D eigenvalue weighted by Gasteiger charge is 2.12. The van der Waals surface area contributed by atoms with Crippen LogP contribution >= 0.6 is 0 Å². The van der Waals surface area contributed by atoms with Crippen molar-refractivity contribution in [2.75, 3.05) is 13.2 Å². The van der Waals surface area contributed by atoms with Crippen LogP contribution in [0.3, 0.4) is 0 Å². The molecule has 74 valence electrons. The lowest BCUT2D eigenvalue weighted by Gasteiger charge is -2.22. The van der Waals surface area contributed by atoms with Gasteiger partial charge in [0.15, 0.2) is 6.29 Å². The summed E-state index contributed by atoms with van der Waals surface area (Å²) in [5.74, 6) is 2.57. The summed E-state index contributed by atoms with van der Waals surface area (Å²) in [4.78, 5) is 0. The predicted molar refractivity (Wildman–Crippen MR) is 48.5 cm³/mol. The maximum absolute atomic E-state index is 8.19. The summed E-state index contributed by atoms with van der Waals surface area (Å²) in [6.07, 6.45) is 6.75. The third-order valence-corrected chi connectivity index (χ3v) is 1.97. The first-order valence-corrected chi connectivity index (χ1v) is 4.78. The Morgan fingerprint density at radius 2 is 2.38 bits per heavy atom. The van der Waals surface area contributed by atoms with Crippen molar-refractivity contribution in [2.45, 2.75) is 38.4 Å². The monoisotopic (exact) mass is 184 g/mol. The lowest BCUT2D eigenvalue weighted by atomic mass is 10.2. The highest BCUT2D eigenvalue weighted by atomic mass is 16.7. The van der Waals surface area contributed by atoms with Gasteiger partial charge >= 0.3 is 0 Å². The van der Waals surface area contributed by atoms with Gasteiger partial charge in [0.05, 0.1) is 6.61 Å². The third kappa shape index (κ3) is 4.76. The van der Waals surface area contributed by atoms with E-state index in [-0.39, 0.29) is 6.29 Å². The molecule has 0 aromatic rings. The topological polar surface area (TPSA) is 38.7 Å². The number of aliphatic hydroxyl groups is 1. The molecule has 1 heterocycles. The van der Waals surface area contributed by atoms with Gasteiger partial charge < -0.3 is 14.6 Å². The zero-order valence-electron chi connectivity index (χ0n) is 7.79. The summed E-state index contributed by atoms with van der Waals surface area (Å²) in [5, 5.41) is 8.19. The normalized spacial score (nSPS) is 22.0. The van der Waals surface area contributed by atoms with Crippen LogP contribution in [-0.4, -0.2) is 24.6 Å². The van der Waals surface area contributed by atoms with Crippen LogP contribution in [0.25, 0.3) is 0 Å². The molecule has 0 aliphatic carbocycles. The van der Waals surface area contributed by atoms with E-state index in [9.17, 15) is 0 Å². The molecule has 1 aliphatic heterocycles. The Bertz CT molecular complexity index is 174. The molecule has 0 aromatic carbocycles. The van der Waals surface area contributed by atoms with E-state index in [4.69, 9.17) is 14.6 Å². The van der Waals surface area contributed by atoms with Crippen LogP contribution in [0.1, 0.15) is 32.1 Å². The van der Waals surface area contributed by atoms with Crippen molar-refractivity contribution in [3.8, 4) is 12.0 Å². The first-order chi connectivity index (χ1) is 6.43. The number of aliphatic hydroxyl groups excluding tert-OH is 1. The summed E-state index contributed by atoms with van der Waals surface area (Å²) in [5.41, 5.74) is 0. The van der Waals surface area contributed by atoms with Gasteiger partial charge in [-0.15, -0.1) is 0 Å². The summed E-state index contributed by atoms with van der Waals surface area (Å²) in [6.45, 7) is 1.49. The molecule has 0 aromatic heterocycles. The zero-order valence-corrected chi connectivity index (χ0v) is 7.79. The van der Waals surface area contributed by atoms with Crippen molar-refractivity contribution < 1.29 is 14.6 Å². The molecule has 13 heavy (non-hydrogen) atoms. The summed E-state index contributed by atoms with van der Waals surface area (Å²) in [6, 6.07) is 0. The van der Waals surface area contributed by atoms with Gasteiger partial charge in [0.2, 0.25) is 0 Å². The van der Waals surface area contributed by atoms with Crippen molar-refractivity contribution in [3.63, 3.8) is 0 Å². The molecule has 3 nitrogen and oxygen atoms in total. The van der Waals surface area contributed by atoms with E-state index < -0.39 is 0 Å². The van der Waals surface area contributed by atoms with Gasteiger partial charge in [0.25, 0.3) is 0 Å². The molecule has 1 saturated heterocycles. The molecule has 0 amide bonds. The largest absolute Gasteiger partial charge is 0.462 e. The van der Waals surface area contributed by atoms with Gasteiger partial charge in [-0.05, 0) is 25.7 Å². The van der Waals surface area contributed by atoms with E-state index in [1.807, 2.05) is 6.11 Å². The van der Waals surface area contributed by atoms with Crippen molar-refractivity contribution in [1.82, 2.24) is 0 Å². The predicted octanol–water partition coefficient (Wildman–Crippen LogP) is 1.64. The highest BCUT2D eigenvalue weighted by molar-refractivity contribution is 4.88. The molecule has 1 fully saturated rings. The minimum atomic E-state index is -0.00386. The smallest absolute Gasteiger partial charge is 0.157 e. The maximum atomic E-state index is 8.19. The lowest BCUT2D eigenvalue weighted by Crippen LogP contribution is -2.22. The summed E-state index contributed by atoms with van der Waals surface area (Å²) in [7, 11) is 0. The number of hydrogen-bond acceptors (Lipinski definition) is 3. The Balaban J connectivity index is 1.94. The van der Waals surface area contributed by atoms with Gasteiger partial charge in [-0.3, -0.25) is 0 Å². The molecular formula is C10H16O3. The van der Waals surface area contributed by atoms with Crippen LogP contribution in [0.15, 0.2) is 0 Å². The van der Waals surface area contributed by atoms with Crippen molar-refractivity contribution in [3.05, 3.63) is 0 Å². The molecule has 1 unspecified atom stereocenters. The molecule has 1 rings (SSSR count). The van der Waals surface area contributed by atoms with Crippen LogP contribution < -0.4 is 0 Å².